The molecule has 0 aliphatic rings. The van der Waals surface area contributed by atoms with Gasteiger partial charge in [-0.3, -0.25) is 4.57 Å². The first kappa shape index (κ1) is 15.9. The van der Waals surface area contributed by atoms with Gasteiger partial charge in [-0.05, 0) is 13.0 Å². The molecule has 0 unspecified atom stereocenters. The van der Waals surface area contributed by atoms with Crippen molar-refractivity contribution in [2.75, 3.05) is 6.61 Å². The number of hydrogen-bond donors (Lipinski definition) is 2. The van der Waals surface area contributed by atoms with E-state index in [9.17, 15) is 9.90 Å². The monoisotopic (exact) mass is 286 g/mol. The standard InChI is InChI=1S/C12H22N2O4Si/c1-9-10(7-15)14(11(13-9)12(16)17)8-18-5-6-19(2,3)4/h15H,5-8H2,1-4H3,(H,16,17). The van der Waals surface area contributed by atoms with Crippen molar-refractivity contribution in [2.45, 2.75) is 45.9 Å². The number of aliphatic hydroxyl groups is 1. The van der Waals surface area contributed by atoms with Gasteiger partial charge >= 0.3 is 5.97 Å². The predicted molar refractivity (Wildman–Crippen MR) is 74.0 cm³/mol. The van der Waals surface area contributed by atoms with Gasteiger partial charge in [0, 0.05) is 14.7 Å². The maximum absolute atomic E-state index is 11.1. The van der Waals surface area contributed by atoms with Crippen LogP contribution in [0.5, 0.6) is 0 Å². The number of aromatic nitrogens is 2. The number of carbonyl (C=O) groups is 1. The number of rotatable bonds is 7. The summed E-state index contributed by atoms with van der Waals surface area (Å²) in [7, 11) is -1.16. The maximum Gasteiger partial charge on any atom is 0.372 e. The lowest BCUT2D eigenvalue weighted by Gasteiger charge is -2.16. The third-order valence-corrected chi connectivity index (χ3v) is 4.53. The highest BCUT2D eigenvalue weighted by molar-refractivity contribution is 6.76. The summed E-state index contributed by atoms with van der Waals surface area (Å²) in [6.07, 6.45) is 0. The van der Waals surface area contributed by atoms with Gasteiger partial charge in [0.2, 0.25) is 5.82 Å². The summed E-state index contributed by atoms with van der Waals surface area (Å²) in [6, 6.07) is 1.01. The van der Waals surface area contributed by atoms with Gasteiger partial charge in [0.15, 0.2) is 0 Å². The molecule has 1 aromatic heterocycles. The Morgan fingerprint density at radius 2 is 2.05 bits per heavy atom. The van der Waals surface area contributed by atoms with Gasteiger partial charge in [0.25, 0.3) is 0 Å². The lowest BCUT2D eigenvalue weighted by molar-refractivity contribution is 0.0599. The van der Waals surface area contributed by atoms with Crippen LogP contribution in [0.2, 0.25) is 25.7 Å². The van der Waals surface area contributed by atoms with Crippen LogP contribution >= 0.6 is 0 Å². The third kappa shape index (κ3) is 4.45. The summed E-state index contributed by atoms with van der Waals surface area (Å²) in [4.78, 5) is 15.0. The molecule has 1 rings (SSSR count). The van der Waals surface area contributed by atoms with Crippen molar-refractivity contribution in [1.29, 1.82) is 0 Å². The summed E-state index contributed by atoms with van der Waals surface area (Å²) < 4.78 is 6.94. The Labute approximate surface area is 114 Å². The van der Waals surface area contributed by atoms with Crippen molar-refractivity contribution in [3.05, 3.63) is 17.2 Å². The van der Waals surface area contributed by atoms with Gasteiger partial charge in [-0.25, -0.2) is 9.78 Å². The van der Waals surface area contributed by atoms with Crippen LogP contribution < -0.4 is 0 Å². The summed E-state index contributed by atoms with van der Waals surface area (Å²) in [5.74, 6) is -1.20. The number of aliphatic hydroxyl groups excluding tert-OH is 1. The number of ether oxygens (including phenoxy) is 1. The van der Waals surface area contributed by atoms with Crippen LogP contribution in [0, 0.1) is 6.92 Å². The van der Waals surface area contributed by atoms with Crippen molar-refractivity contribution in [3.8, 4) is 0 Å². The molecule has 108 valence electrons. The number of carboxylic acid groups (broad SMARTS) is 1. The molecule has 0 aromatic carbocycles. The summed E-state index contributed by atoms with van der Waals surface area (Å²) in [5, 5.41) is 18.3. The number of hydrogen-bond acceptors (Lipinski definition) is 4. The van der Waals surface area contributed by atoms with Gasteiger partial charge in [-0.1, -0.05) is 19.6 Å². The molecule has 6 nitrogen and oxygen atoms in total. The van der Waals surface area contributed by atoms with E-state index in [-0.39, 0.29) is 19.2 Å². The summed E-state index contributed by atoms with van der Waals surface area (Å²) in [6.45, 7) is 8.89. The zero-order valence-corrected chi connectivity index (χ0v) is 12.9. The molecule has 0 amide bonds. The van der Waals surface area contributed by atoms with Crippen molar-refractivity contribution >= 4 is 14.0 Å². The van der Waals surface area contributed by atoms with E-state index in [2.05, 4.69) is 24.6 Å². The zero-order chi connectivity index (χ0) is 14.6. The van der Waals surface area contributed by atoms with Crippen LogP contribution in [-0.2, 0) is 18.1 Å². The summed E-state index contributed by atoms with van der Waals surface area (Å²) in [5.41, 5.74) is 1.01. The zero-order valence-electron chi connectivity index (χ0n) is 11.9. The SMILES string of the molecule is Cc1nc(C(=O)O)n(COCC[Si](C)(C)C)c1CO. The molecule has 0 radical (unpaired) electrons. The molecule has 1 aromatic rings. The molecule has 0 fully saturated rings. The fraction of sp³-hybridized carbons (Fsp3) is 0.667. The number of aromatic carboxylic acids is 1. The van der Waals surface area contributed by atoms with Crippen molar-refractivity contribution in [1.82, 2.24) is 9.55 Å². The third-order valence-electron chi connectivity index (χ3n) is 2.83. The molecule has 19 heavy (non-hydrogen) atoms. The first-order valence-electron chi connectivity index (χ1n) is 6.24. The van der Waals surface area contributed by atoms with Crippen LogP contribution in [0.15, 0.2) is 0 Å². The van der Waals surface area contributed by atoms with Crippen LogP contribution in [0.3, 0.4) is 0 Å². The molecular formula is C12H22N2O4Si. The minimum absolute atomic E-state index is 0.0884. The van der Waals surface area contributed by atoms with E-state index in [1.54, 1.807) is 6.92 Å². The second-order valence-electron chi connectivity index (χ2n) is 5.71. The van der Waals surface area contributed by atoms with E-state index in [4.69, 9.17) is 9.84 Å². The highest BCUT2D eigenvalue weighted by Crippen LogP contribution is 2.13. The van der Waals surface area contributed by atoms with Gasteiger partial charge < -0.3 is 14.9 Å². The lowest BCUT2D eigenvalue weighted by Crippen LogP contribution is -2.22. The smallest absolute Gasteiger partial charge is 0.372 e. The Hall–Kier alpha value is -1.18. The molecule has 0 saturated heterocycles. The molecule has 0 aliphatic carbocycles. The number of carboxylic acids is 1. The molecule has 0 aliphatic heterocycles. The number of nitrogens with zero attached hydrogens (tertiary/aromatic N) is 2. The second-order valence-corrected chi connectivity index (χ2v) is 11.3. The number of imidazole rings is 1. The Bertz CT molecular complexity index is 451. The highest BCUT2D eigenvalue weighted by Gasteiger charge is 2.19. The Balaban J connectivity index is 2.74. The predicted octanol–water partition coefficient (Wildman–Crippen LogP) is 1.69. The van der Waals surface area contributed by atoms with Crippen molar-refractivity contribution < 1.29 is 19.7 Å². The van der Waals surface area contributed by atoms with Gasteiger partial charge in [-0.15, -0.1) is 0 Å². The molecule has 1 heterocycles. The largest absolute Gasteiger partial charge is 0.475 e. The molecular weight excluding hydrogens is 264 g/mol. The first-order chi connectivity index (χ1) is 8.76. The molecule has 0 spiro atoms. The van der Waals surface area contributed by atoms with Crippen LogP contribution in [-0.4, -0.2) is 40.4 Å². The second kappa shape index (κ2) is 6.31. The Morgan fingerprint density at radius 1 is 1.42 bits per heavy atom. The van der Waals surface area contributed by atoms with Crippen molar-refractivity contribution in [2.24, 2.45) is 0 Å². The fourth-order valence-electron chi connectivity index (χ4n) is 1.64. The van der Waals surface area contributed by atoms with E-state index in [1.807, 2.05) is 0 Å². The topological polar surface area (TPSA) is 84.6 Å². The highest BCUT2D eigenvalue weighted by atomic mass is 28.3. The lowest BCUT2D eigenvalue weighted by atomic mass is 10.3. The minimum Gasteiger partial charge on any atom is -0.475 e. The van der Waals surface area contributed by atoms with E-state index in [1.165, 1.54) is 4.57 Å². The van der Waals surface area contributed by atoms with Crippen LogP contribution in [0.25, 0.3) is 0 Å². The molecule has 0 bridgehead atoms. The number of aryl methyl sites for hydroxylation is 1. The van der Waals surface area contributed by atoms with E-state index < -0.39 is 14.0 Å². The quantitative estimate of drug-likeness (QED) is 0.588. The van der Waals surface area contributed by atoms with Gasteiger partial charge in [-0.2, -0.15) is 0 Å². The van der Waals surface area contributed by atoms with E-state index >= 15 is 0 Å². The Kier molecular flexibility index (Phi) is 5.27. The van der Waals surface area contributed by atoms with E-state index in [0.717, 1.165) is 6.04 Å². The van der Waals surface area contributed by atoms with Crippen molar-refractivity contribution in [3.63, 3.8) is 0 Å². The summed E-state index contributed by atoms with van der Waals surface area (Å²) >= 11 is 0. The molecule has 2 N–H and O–H groups in total. The van der Waals surface area contributed by atoms with Crippen LogP contribution in [0.4, 0.5) is 0 Å². The van der Waals surface area contributed by atoms with E-state index in [0.29, 0.717) is 18.0 Å². The molecule has 0 saturated carbocycles. The maximum atomic E-state index is 11.1. The van der Waals surface area contributed by atoms with Gasteiger partial charge in [0.05, 0.1) is 18.0 Å². The Morgan fingerprint density at radius 3 is 2.53 bits per heavy atom. The normalized spacial score (nSPS) is 11.8. The molecule has 0 atom stereocenters. The first-order valence-corrected chi connectivity index (χ1v) is 9.95. The molecule has 7 heteroatoms. The fourth-order valence-corrected chi connectivity index (χ4v) is 2.40. The average Bonchev–Trinajstić information content (AvgIpc) is 2.60. The van der Waals surface area contributed by atoms with Gasteiger partial charge in [0.1, 0.15) is 6.73 Å². The van der Waals surface area contributed by atoms with Crippen LogP contribution in [0.1, 0.15) is 22.0 Å². The minimum atomic E-state index is -1.16. The average molecular weight is 286 g/mol.